The van der Waals surface area contributed by atoms with Crippen LogP contribution in [0.4, 0.5) is 11.5 Å². The van der Waals surface area contributed by atoms with Crippen LogP contribution in [0.1, 0.15) is 28.4 Å². The van der Waals surface area contributed by atoms with Crippen LogP contribution < -0.4 is 5.32 Å². The number of carbonyl (C=O) groups excluding carboxylic acids is 1. The van der Waals surface area contributed by atoms with Gasteiger partial charge < -0.3 is 15.4 Å². The van der Waals surface area contributed by atoms with Gasteiger partial charge in [0.15, 0.2) is 5.69 Å². The molecule has 0 saturated heterocycles. The van der Waals surface area contributed by atoms with Crippen molar-refractivity contribution in [3.05, 3.63) is 57.8 Å². The molecular weight excluding hydrogens is 282 g/mol. The maximum absolute atomic E-state index is 12.0. The van der Waals surface area contributed by atoms with Gasteiger partial charge in [0.25, 0.3) is 5.91 Å². The molecule has 1 aromatic carbocycles. The molecule has 6 nitrogen and oxygen atoms in total. The van der Waals surface area contributed by atoms with Crippen LogP contribution in [-0.2, 0) is 0 Å². The summed E-state index contributed by atoms with van der Waals surface area (Å²) >= 11 is 6.04. The highest BCUT2D eigenvalue weighted by atomic mass is 35.5. The van der Waals surface area contributed by atoms with Crippen molar-refractivity contribution in [3.8, 4) is 0 Å². The standard InChI is InChI=1S/C13H12ClN3O3/c1-8(14)9-4-2-3-5-10(9)16-13(18)11-6-7-12(15-11)17(19)20/h2-8,15H,1H3,(H,16,18). The Balaban J connectivity index is 2.21. The third kappa shape index (κ3) is 2.97. The first-order chi connectivity index (χ1) is 9.49. The molecule has 1 unspecified atom stereocenters. The zero-order chi connectivity index (χ0) is 14.7. The SMILES string of the molecule is CC(Cl)c1ccccc1NC(=O)c1ccc([N+](=O)[O-])[nH]1. The number of amides is 1. The van der Waals surface area contributed by atoms with Crippen molar-refractivity contribution in [2.24, 2.45) is 0 Å². The normalized spacial score (nSPS) is 11.9. The van der Waals surface area contributed by atoms with Gasteiger partial charge in [-0.1, -0.05) is 18.2 Å². The van der Waals surface area contributed by atoms with Gasteiger partial charge in [0.1, 0.15) is 0 Å². The van der Waals surface area contributed by atoms with Crippen molar-refractivity contribution in [3.63, 3.8) is 0 Å². The van der Waals surface area contributed by atoms with Crippen molar-refractivity contribution >= 4 is 29.0 Å². The van der Waals surface area contributed by atoms with Crippen LogP contribution >= 0.6 is 11.6 Å². The number of hydrogen-bond donors (Lipinski definition) is 2. The van der Waals surface area contributed by atoms with E-state index in [-0.39, 0.29) is 16.9 Å². The third-order valence-corrected chi connectivity index (χ3v) is 2.98. The molecule has 0 aliphatic rings. The van der Waals surface area contributed by atoms with Crippen LogP contribution in [0, 0.1) is 10.1 Å². The second kappa shape index (κ2) is 5.75. The summed E-state index contributed by atoms with van der Waals surface area (Å²) in [6, 6.07) is 9.73. The topological polar surface area (TPSA) is 88.0 Å². The Morgan fingerprint density at radius 3 is 2.65 bits per heavy atom. The molecule has 1 amide bonds. The average Bonchev–Trinajstić information content (AvgIpc) is 2.89. The zero-order valence-corrected chi connectivity index (χ0v) is 11.3. The quantitative estimate of drug-likeness (QED) is 0.514. The lowest BCUT2D eigenvalue weighted by Gasteiger charge is -2.11. The molecule has 1 atom stereocenters. The number of H-pyrrole nitrogens is 1. The molecule has 0 spiro atoms. The van der Waals surface area contributed by atoms with E-state index in [2.05, 4.69) is 10.3 Å². The van der Waals surface area contributed by atoms with E-state index in [4.69, 9.17) is 11.6 Å². The van der Waals surface area contributed by atoms with Crippen LogP contribution in [0.5, 0.6) is 0 Å². The minimum atomic E-state index is -0.592. The number of alkyl halides is 1. The Bertz CT molecular complexity index is 652. The Morgan fingerprint density at radius 1 is 1.35 bits per heavy atom. The molecule has 1 aromatic heterocycles. The summed E-state index contributed by atoms with van der Waals surface area (Å²) in [5, 5.41) is 13.0. The number of aromatic amines is 1. The Morgan fingerprint density at radius 2 is 2.05 bits per heavy atom. The van der Waals surface area contributed by atoms with E-state index < -0.39 is 10.8 Å². The highest BCUT2D eigenvalue weighted by Crippen LogP contribution is 2.27. The molecule has 2 aromatic rings. The van der Waals surface area contributed by atoms with Gasteiger partial charge in [-0.2, -0.15) is 0 Å². The molecule has 2 rings (SSSR count). The van der Waals surface area contributed by atoms with Crippen molar-refractivity contribution in [1.82, 2.24) is 4.98 Å². The smallest absolute Gasteiger partial charge is 0.321 e. The van der Waals surface area contributed by atoms with Gasteiger partial charge in [0.2, 0.25) is 0 Å². The molecule has 2 N–H and O–H groups in total. The number of rotatable bonds is 4. The lowest BCUT2D eigenvalue weighted by molar-refractivity contribution is -0.389. The highest BCUT2D eigenvalue weighted by Gasteiger charge is 2.17. The molecule has 0 saturated carbocycles. The maximum Gasteiger partial charge on any atom is 0.321 e. The number of carbonyl (C=O) groups is 1. The third-order valence-electron chi connectivity index (χ3n) is 2.75. The van der Waals surface area contributed by atoms with Crippen LogP contribution in [0.3, 0.4) is 0 Å². The zero-order valence-electron chi connectivity index (χ0n) is 10.6. The van der Waals surface area contributed by atoms with Gasteiger partial charge in [-0.25, -0.2) is 4.98 Å². The lowest BCUT2D eigenvalue weighted by Crippen LogP contribution is -2.14. The molecule has 7 heteroatoms. The lowest BCUT2D eigenvalue weighted by atomic mass is 10.1. The minimum absolute atomic E-state index is 0.119. The first-order valence-electron chi connectivity index (χ1n) is 5.87. The van der Waals surface area contributed by atoms with Crippen LogP contribution in [-0.4, -0.2) is 15.8 Å². The highest BCUT2D eigenvalue weighted by molar-refractivity contribution is 6.21. The second-order valence-electron chi connectivity index (χ2n) is 4.17. The molecule has 0 bridgehead atoms. The molecule has 0 aliphatic heterocycles. The summed E-state index contributed by atoms with van der Waals surface area (Å²) in [5.41, 5.74) is 1.48. The fourth-order valence-corrected chi connectivity index (χ4v) is 1.96. The van der Waals surface area contributed by atoms with Crippen molar-refractivity contribution in [2.45, 2.75) is 12.3 Å². The summed E-state index contributed by atoms with van der Waals surface area (Å²) in [6.45, 7) is 1.80. The largest absolute Gasteiger partial charge is 0.358 e. The number of anilines is 1. The first-order valence-corrected chi connectivity index (χ1v) is 6.30. The number of benzene rings is 1. The Labute approximate surface area is 119 Å². The minimum Gasteiger partial charge on any atom is -0.358 e. The molecule has 0 aliphatic carbocycles. The summed E-state index contributed by atoms with van der Waals surface area (Å²) in [7, 11) is 0. The van der Waals surface area contributed by atoms with Crippen molar-refractivity contribution in [2.75, 3.05) is 5.32 Å². The molecule has 0 fully saturated rings. The van der Waals surface area contributed by atoms with Gasteiger partial charge in [-0.05, 0) is 29.5 Å². The fourth-order valence-electron chi connectivity index (χ4n) is 1.77. The molecule has 20 heavy (non-hydrogen) atoms. The van der Waals surface area contributed by atoms with Gasteiger partial charge in [0.05, 0.1) is 5.38 Å². The second-order valence-corrected chi connectivity index (χ2v) is 4.83. The molecular formula is C13H12ClN3O3. The van der Waals surface area contributed by atoms with E-state index in [1.807, 2.05) is 12.1 Å². The summed E-state index contributed by atoms with van der Waals surface area (Å²) in [4.78, 5) is 24.4. The predicted molar refractivity (Wildman–Crippen MR) is 76.1 cm³/mol. The maximum atomic E-state index is 12.0. The molecule has 104 valence electrons. The van der Waals surface area contributed by atoms with E-state index in [9.17, 15) is 14.9 Å². The van der Waals surface area contributed by atoms with Gasteiger partial charge in [-0.3, -0.25) is 4.79 Å². The van der Waals surface area contributed by atoms with E-state index in [0.717, 1.165) is 5.56 Å². The number of para-hydroxylation sites is 1. The van der Waals surface area contributed by atoms with Crippen LogP contribution in [0.25, 0.3) is 0 Å². The summed E-state index contributed by atoms with van der Waals surface area (Å²) < 4.78 is 0. The number of hydrogen-bond acceptors (Lipinski definition) is 3. The van der Waals surface area contributed by atoms with Gasteiger partial charge >= 0.3 is 5.82 Å². The first kappa shape index (κ1) is 14.1. The van der Waals surface area contributed by atoms with E-state index in [1.165, 1.54) is 12.1 Å². The number of halogens is 1. The monoisotopic (exact) mass is 293 g/mol. The Hall–Kier alpha value is -2.34. The Kier molecular flexibility index (Phi) is 4.05. The fraction of sp³-hybridized carbons (Fsp3) is 0.154. The van der Waals surface area contributed by atoms with E-state index >= 15 is 0 Å². The number of nitrogens with one attached hydrogen (secondary N) is 2. The molecule has 1 heterocycles. The number of nitro groups is 1. The number of aromatic nitrogens is 1. The summed E-state index contributed by atoms with van der Waals surface area (Å²) in [6.07, 6.45) is 0. The van der Waals surface area contributed by atoms with Crippen LogP contribution in [0.15, 0.2) is 36.4 Å². The van der Waals surface area contributed by atoms with Crippen LogP contribution in [0.2, 0.25) is 0 Å². The molecule has 0 radical (unpaired) electrons. The van der Waals surface area contributed by atoms with E-state index in [0.29, 0.717) is 5.69 Å². The van der Waals surface area contributed by atoms with Gasteiger partial charge in [-0.15, -0.1) is 11.6 Å². The summed E-state index contributed by atoms with van der Waals surface area (Å²) in [5.74, 6) is -0.683. The van der Waals surface area contributed by atoms with Crippen molar-refractivity contribution in [1.29, 1.82) is 0 Å². The predicted octanol–water partition coefficient (Wildman–Crippen LogP) is 3.48. The number of nitrogens with zero attached hydrogens (tertiary/aromatic N) is 1. The van der Waals surface area contributed by atoms with E-state index in [1.54, 1.807) is 19.1 Å². The average molecular weight is 294 g/mol. The van der Waals surface area contributed by atoms with Crippen molar-refractivity contribution < 1.29 is 9.72 Å². The van der Waals surface area contributed by atoms with Gasteiger partial charge in [0, 0.05) is 11.8 Å².